The standard InChI is InChI=1S/C22H20F3N3O6/c1-12(34-19(30)10-26-20(31)13-4-3-5-15(8-13)33-2)21(32)28-11-18(29)27-16-9-14(22(23,24)25)6-7-17(16)28/h3-9,12H,10-11H2,1-2H3,(H,26,31)(H,27,29). The fourth-order valence-electron chi connectivity index (χ4n) is 3.19. The van der Waals surface area contributed by atoms with E-state index in [9.17, 15) is 32.3 Å². The molecule has 0 saturated heterocycles. The summed E-state index contributed by atoms with van der Waals surface area (Å²) < 4.78 is 49.0. The number of fused-ring (bicyclic) bond motifs is 1. The molecule has 2 aromatic rings. The molecular weight excluding hydrogens is 459 g/mol. The van der Waals surface area contributed by atoms with Crippen molar-refractivity contribution in [1.82, 2.24) is 5.32 Å². The molecule has 0 saturated carbocycles. The number of ether oxygens (including phenoxy) is 2. The zero-order chi connectivity index (χ0) is 25.0. The second kappa shape index (κ2) is 9.81. The van der Waals surface area contributed by atoms with Gasteiger partial charge < -0.3 is 20.1 Å². The average molecular weight is 479 g/mol. The number of methoxy groups -OCH3 is 1. The number of amides is 3. The normalized spacial score (nSPS) is 13.9. The maximum Gasteiger partial charge on any atom is 0.416 e. The van der Waals surface area contributed by atoms with Gasteiger partial charge in [0.2, 0.25) is 5.91 Å². The van der Waals surface area contributed by atoms with E-state index in [1.54, 1.807) is 12.1 Å². The Balaban J connectivity index is 1.63. The van der Waals surface area contributed by atoms with Crippen molar-refractivity contribution in [3.8, 4) is 5.75 Å². The van der Waals surface area contributed by atoms with E-state index in [4.69, 9.17) is 9.47 Å². The molecule has 9 nitrogen and oxygen atoms in total. The first-order valence-corrected chi connectivity index (χ1v) is 9.94. The Labute approximate surface area is 191 Å². The summed E-state index contributed by atoms with van der Waals surface area (Å²) >= 11 is 0. The van der Waals surface area contributed by atoms with Crippen LogP contribution in [0.5, 0.6) is 5.75 Å². The number of anilines is 2. The number of nitrogens with zero attached hydrogens (tertiary/aromatic N) is 1. The predicted molar refractivity (Wildman–Crippen MR) is 113 cm³/mol. The quantitative estimate of drug-likeness (QED) is 0.615. The minimum atomic E-state index is -4.63. The van der Waals surface area contributed by atoms with Gasteiger partial charge in [0, 0.05) is 5.56 Å². The van der Waals surface area contributed by atoms with Crippen molar-refractivity contribution >= 4 is 35.1 Å². The van der Waals surface area contributed by atoms with Gasteiger partial charge in [-0.1, -0.05) is 6.07 Å². The summed E-state index contributed by atoms with van der Waals surface area (Å²) in [5.41, 5.74) is -0.909. The Kier molecular flexibility index (Phi) is 7.08. The van der Waals surface area contributed by atoms with Gasteiger partial charge in [-0.2, -0.15) is 13.2 Å². The Morgan fingerprint density at radius 1 is 1.18 bits per heavy atom. The van der Waals surface area contributed by atoms with E-state index >= 15 is 0 Å². The largest absolute Gasteiger partial charge is 0.497 e. The molecule has 0 aromatic heterocycles. The molecule has 0 aliphatic carbocycles. The number of halogens is 3. The van der Waals surface area contributed by atoms with Crippen LogP contribution in [-0.4, -0.2) is 50.0 Å². The molecule has 0 radical (unpaired) electrons. The Hall–Kier alpha value is -4.09. The number of hydrogen-bond acceptors (Lipinski definition) is 6. The van der Waals surface area contributed by atoms with Crippen molar-refractivity contribution in [2.75, 3.05) is 30.4 Å². The van der Waals surface area contributed by atoms with Gasteiger partial charge in [0.05, 0.1) is 24.0 Å². The van der Waals surface area contributed by atoms with Gasteiger partial charge in [-0.15, -0.1) is 0 Å². The molecule has 1 unspecified atom stereocenters. The number of hydrogen-bond donors (Lipinski definition) is 2. The van der Waals surface area contributed by atoms with Crippen LogP contribution in [0, 0.1) is 0 Å². The number of nitrogens with one attached hydrogen (secondary N) is 2. The minimum absolute atomic E-state index is 0.0341. The van der Waals surface area contributed by atoms with Crippen molar-refractivity contribution in [2.45, 2.75) is 19.2 Å². The van der Waals surface area contributed by atoms with Gasteiger partial charge >= 0.3 is 12.1 Å². The highest BCUT2D eigenvalue weighted by molar-refractivity contribution is 6.11. The fourth-order valence-corrected chi connectivity index (χ4v) is 3.19. The number of carbonyl (C=O) groups excluding carboxylic acids is 4. The molecule has 2 aromatic carbocycles. The second-order valence-corrected chi connectivity index (χ2v) is 7.25. The summed E-state index contributed by atoms with van der Waals surface area (Å²) in [4.78, 5) is 50.0. The molecule has 0 fully saturated rings. The lowest BCUT2D eigenvalue weighted by Gasteiger charge is -2.31. The molecule has 1 aliphatic rings. The van der Waals surface area contributed by atoms with E-state index in [0.29, 0.717) is 5.75 Å². The highest BCUT2D eigenvalue weighted by Crippen LogP contribution is 2.37. The summed E-state index contributed by atoms with van der Waals surface area (Å²) in [5.74, 6) is -2.57. The number of benzene rings is 2. The van der Waals surface area contributed by atoms with Crippen molar-refractivity contribution < 1.29 is 41.8 Å². The van der Waals surface area contributed by atoms with Crippen LogP contribution in [0.2, 0.25) is 0 Å². The topological polar surface area (TPSA) is 114 Å². The first-order valence-electron chi connectivity index (χ1n) is 9.94. The Bertz CT molecular complexity index is 1140. The van der Waals surface area contributed by atoms with E-state index in [1.165, 1.54) is 26.2 Å². The summed E-state index contributed by atoms with van der Waals surface area (Å²) in [5, 5.41) is 4.65. The SMILES string of the molecule is COc1cccc(C(=O)NCC(=O)OC(C)C(=O)N2CC(=O)Nc3cc(C(F)(F)F)ccc32)c1. The van der Waals surface area contributed by atoms with Crippen LogP contribution in [0.25, 0.3) is 0 Å². The summed E-state index contributed by atoms with van der Waals surface area (Å²) in [7, 11) is 1.44. The lowest BCUT2D eigenvalue weighted by atomic mass is 10.1. The predicted octanol–water partition coefficient (Wildman–Crippen LogP) is 2.36. The van der Waals surface area contributed by atoms with Crippen LogP contribution >= 0.6 is 0 Å². The van der Waals surface area contributed by atoms with Gasteiger partial charge in [-0.05, 0) is 43.3 Å². The number of carbonyl (C=O) groups is 4. The van der Waals surface area contributed by atoms with Crippen LogP contribution in [0.3, 0.4) is 0 Å². The van der Waals surface area contributed by atoms with Crippen LogP contribution in [-0.2, 0) is 25.3 Å². The third kappa shape index (κ3) is 5.63. The third-order valence-electron chi connectivity index (χ3n) is 4.84. The van der Waals surface area contributed by atoms with Gasteiger partial charge in [0.25, 0.3) is 11.8 Å². The highest BCUT2D eigenvalue weighted by Gasteiger charge is 2.35. The molecular formula is C22H20F3N3O6. The first kappa shape index (κ1) is 24.6. The Morgan fingerprint density at radius 3 is 2.59 bits per heavy atom. The van der Waals surface area contributed by atoms with Crippen molar-refractivity contribution in [3.63, 3.8) is 0 Å². The van der Waals surface area contributed by atoms with Crippen molar-refractivity contribution in [2.24, 2.45) is 0 Å². The number of rotatable bonds is 6. The number of alkyl halides is 3. The molecule has 0 bridgehead atoms. The molecule has 1 aliphatic heterocycles. The third-order valence-corrected chi connectivity index (χ3v) is 4.84. The van der Waals surface area contributed by atoms with E-state index in [0.717, 1.165) is 23.1 Å². The lowest BCUT2D eigenvalue weighted by Crippen LogP contribution is -2.47. The van der Waals surface area contributed by atoms with E-state index < -0.39 is 54.6 Å². The zero-order valence-corrected chi connectivity index (χ0v) is 18.1. The second-order valence-electron chi connectivity index (χ2n) is 7.25. The van der Waals surface area contributed by atoms with Gasteiger partial charge in [0.1, 0.15) is 18.8 Å². The van der Waals surface area contributed by atoms with E-state index in [-0.39, 0.29) is 16.9 Å². The zero-order valence-electron chi connectivity index (χ0n) is 18.1. The van der Waals surface area contributed by atoms with Crippen LogP contribution in [0.4, 0.5) is 24.5 Å². The lowest BCUT2D eigenvalue weighted by molar-refractivity contribution is -0.152. The molecule has 34 heavy (non-hydrogen) atoms. The van der Waals surface area contributed by atoms with Crippen molar-refractivity contribution in [3.05, 3.63) is 53.6 Å². The molecule has 12 heteroatoms. The summed E-state index contributed by atoms with van der Waals surface area (Å²) in [6, 6.07) is 8.77. The van der Waals surface area contributed by atoms with Crippen LogP contribution in [0.15, 0.2) is 42.5 Å². The van der Waals surface area contributed by atoms with Gasteiger partial charge in [-0.25, -0.2) is 0 Å². The highest BCUT2D eigenvalue weighted by atomic mass is 19.4. The molecule has 1 atom stereocenters. The average Bonchev–Trinajstić information content (AvgIpc) is 2.80. The maximum atomic E-state index is 13.0. The smallest absolute Gasteiger partial charge is 0.416 e. The molecule has 3 rings (SSSR count). The molecule has 2 N–H and O–H groups in total. The van der Waals surface area contributed by atoms with Crippen molar-refractivity contribution in [1.29, 1.82) is 0 Å². The van der Waals surface area contributed by atoms with E-state index in [1.807, 2.05) is 0 Å². The molecule has 0 spiro atoms. The van der Waals surface area contributed by atoms with E-state index in [2.05, 4.69) is 10.6 Å². The van der Waals surface area contributed by atoms with Crippen LogP contribution in [0.1, 0.15) is 22.8 Å². The minimum Gasteiger partial charge on any atom is -0.497 e. The van der Waals surface area contributed by atoms with Crippen LogP contribution < -0.4 is 20.3 Å². The first-order chi connectivity index (χ1) is 16.0. The molecule has 180 valence electrons. The number of esters is 1. The molecule has 1 heterocycles. The summed E-state index contributed by atoms with van der Waals surface area (Å²) in [6.45, 7) is 0.242. The van der Waals surface area contributed by atoms with Gasteiger partial charge in [0.15, 0.2) is 6.10 Å². The maximum absolute atomic E-state index is 13.0. The summed E-state index contributed by atoms with van der Waals surface area (Å²) in [6.07, 6.45) is -6.01. The molecule has 3 amide bonds. The fraction of sp³-hybridized carbons (Fsp3) is 0.273. The monoisotopic (exact) mass is 479 g/mol. The van der Waals surface area contributed by atoms with Gasteiger partial charge in [-0.3, -0.25) is 24.1 Å². The Morgan fingerprint density at radius 2 is 1.91 bits per heavy atom.